The first-order valence-corrected chi connectivity index (χ1v) is 9.15. The minimum atomic E-state index is -4.58. The number of carbonyl (C=O) groups excluding carboxylic acids is 1. The molecule has 7 heteroatoms. The fourth-order valence-corrected chi connectivity index (χ4v) is 3.61. The SMILES string of the molecule is CC(C)(C)Oc1ccc2cccc([C@H](N3NC(=O)CC3(C)C)C(F)(F)F)c2c1. The predicted molar refractivity (Wildman–Crippen MR) is 102 cm³/mol. The number of halogens is 3. The molecule has 1 aliphatic rings. The molecule has 1 amide bonds. The highest BCUT2D eigenvalue weighted by Crippen LogP contribution is 2.45. The molecule has 0 spiro atoms. The summed E-state index contributed by atoms with van der Waals surface area (Å²) in [6, 6.07) is 8.00. The molecular weight excluding hydrogens is 369 g/mol. The van der Waals surface area contributed by atoms with Crippen LogP contribution in [-0.2, 0) is 4.79 Å². The van der Waals surface area contributed by atoms with Crippen molar-refractivity contribution in [2.75, 3.05) is 0 Å². The van der Waals surface area contributed by atoms with Gasteiger partial charge >= 0.3 is 6.18 Å². The van der Waals surface area contributed by atoms with E-state index in [0.29, 0.717) is 16.5 Å². The standard InChI is InChI=1S/C21H25F3N2O2/c1-19(2,3)28-14-10-9-13-7-6-8-15(16(13)11-14)18(21(22,23)24)26-20(4,5)12-17(27)25-26/h6-11,18H,12H2,1-5H3,(H,25,27)/t18-/m0/s1. The van der Waals surface area contributed by atoms with E-state index in [4.69, 9.17) is 4.74 Å². The Labute approximate surface area is 162 Å². The van der Waals surface area contributed by atoms with Crippen LogP contribution < -0.4 is 10.2 Å². The van der Waals surface area contributed by atoms with Crippen LogP contribution in [0.1, 0.15) is 52.6 Å². The van der Waals surface area contributed by atoms with Crippen molar-refractivity contribution >= 4 is 16.7 Å². The number of hydrogen-bond acceptors (Lipinski definition) is 3. The van der Waals surface area contributed by atoms with E-state index in [9.17, 15) is 18.0 Å². The van der Waals surface area contributed by atoms with Gasteiger partial charge in [0.15, 0.2) is 6.04 Å². The van der Waals surface area contributed by atoms with Crippen LogP contribution in [0.2, 0.25) is 0 Å². The van der Waals surface area contributed by atoms with Crippen molar-refractivity contribution in [3.05, 3.63) is 42.0 Å². The van der Waals surface area contributed by atoms with Gasteiger partial charge in [0.05, 0.1) is 0 Å². The molecule has 1 N–H and O–H groups in total. The molecule has 1 saturated heterocycles. The molecule has 1 fully saturated rings. The highest BCUT2D eigenvalue weighted by atomic mass is 19.4. The molecule has 1 aliphatic heterocycles. The molecule has 0 radical (unpaired) electrons. The van der Waals surface area contributed by atoms with Gasteiger partial charge in [-0.05, 0) is 63.1 Å². The average Bonchev–Trinajstić information content (AvgIpc) is 2.77. The Bertz CT molecular complexity index is 901. The van der Waals surface area contributed by atoms with Gasteiger partial charge < -0.3 is 4.74 Å². The molecule has 3 rings (SSSR count). The van der Waals surface area contributed by atoms with Crippen LogP contribution in [0.4, 0.5) is 13.2 Å². The van der Waals surface area contributed by atoms with Crippen LogP contribution in [0.25, 0.3) is 10.8 Å². The zero-order chi connectivity index (χ0) is 20.9. The van der Waals surface area contributed by atoms with E-state index >= 15 is 0 Å². The molecule has 0 unspecified atom stereocenters. The summed E-state index contributed by atoms with van der Waals surface area (Å²) in [6.07, 6.45) is -4.58. The molecule has 0 aromatic heterocycles. The molecule has 0 bridgehead atoms. The quantitative estimate of drug-likeness (QED) is 0.784. The van der Waals surface area contributed by atoms with E-state index in [1.165, 1.54) is 6.07 Å². The number of nitrogens with zero attached hydrogens (tertiary/aromatic N) is 1. The third-order valence-electron chi connectivity index (χ3n) is 4.66. The fraction of sp³-hybridized carbons (Fsp3) is 0.476. The number of alkyl halides is 3. The fourth-order valence-electron chi connectivity index (χ4n) is 3.61. The molecule has 4 nitrogen and oxygen atoms in total. The lowest BCUT2D eigenvalue weighted by molar-refractivity contribution is -0.203. The number of fused-ring (bicyclic) bond motifs is 1. The van der Waals surface area contributed by atoms with Gasteiger partial charge in [0.1, 0.15) is 11.4 Å². The van der Waals surface area contributed by atoms with Crippen molar-refractivity contribution in [3.8, 4) is 5.75 Å². The van der Waals surface area contributed by atoms with Gasteiger partial charge in [0, 0.05) is 12.0 Å². The van der Waals surface area contributed by atoms with Gasteiger partial charge in [-0.2, -0.15) is 18.2 Å². The Balaban J connectivity index is 2.17. The third-order valence-corrected chi connectivity index (χ3v) is 4.66. The van der Waals surface area contributed by atoms with Crippen LogP contribution in [0.3, 0.4) is 0 Å². The molecular formula is C21H25F3N2O2. The predicted octanol–water partition coefficient (Wildman–Crippen LogP) is 5.14. The van der Waals surface area contributed by atoms with Crippen molar-refractivity contribution in [2.45, 2.75) is 64.4 Å². The zero-order valence-electron chi connectivity index (χ0n) is 16.6. The van der Waals surface area contributed by atoms with E-state index in [-0.39, 0.29) is 12.0 Å². The number of rotatable bonds is 3. The summed E-state index contributed by atoms with van der Waals surface area (Å²) in [7, 11) is 0. The maximum atomic E-state index is 14.2. The van der Waals surface area contributed by atoms with Gasteiger partial charge in [-0.1, -0.05) is 24.3 Å². The first-order chi connectivity index (χ1) is 12.8. The van der Waals surface area contributed by atoms with Crippen molar-refractivity contribution in [3.63, 3.8) is 0 Å². The lowest BCUT2D eigenvalue weighted by Crippen LogP contribution is -2.51. The molecule has 152 valence electrons. The van der Waals surface area contributed by atoms with Crippen LogP contribution in [0.5, 0.6) is 5.75 Å². The number of hydrogen-bond donors (Lipinski definition) is 1. The van der Waals surface area contributed by atoms with Crippen LogP contribution >= 0.6 is 0 Å². The summed E-state index contributed by atoms with van der Waals surface area (Å²) in [4.78, 5) is 11.9. The van der Waals surface area contributed by atoms with Gasteiger partial charge in [0.25, 0.3) is 0 Å². The number of carbonyl (C=O) groups is 1. The molecule has 1 heterocycles. The first-order valence-electron chi connectivity index (χ1n) is 9.15. The Morgan fingerprint density at radius 3 is 2.36 bits per heavy atom. The molecule has 2 aromatic carbocycles. The van der Waals surface area contributed by atoms with E-state index in [2.05, 4.69) is 5.43 Å². The minimum Gasteiger partial charge on any atom is -0.488 e. The van der Waals surface area contributed by atoms with E-state index in [1.54, 1.807) is 44.2 Å². The maximum absolute atomic E-state index is 14.2. The van der Waals surface area contributed by atoms with Crippen molar-refractivity contribution in [2.24, 2.45) is 0 Å². The smallest absolute Gasteiger partial charge is 0.409 e. The lowest BCUT2D eigenvalue weighted by Gasteiger charge is -2.38. The van der Waals surface area contributed by atoms with Gasteiger partial charge in [0.2, 0.25) is 5.91 Å². The third kappa shape index (κ3) is 4.09. The molecule has 28 heavy (non-hydrogen) atoms. The number of hydrazine groups is 1. The second-order valence-corrected chi connectivity index (χ2v) is 8.78. The topological polar surface area (TPSA) is 41.6 Å². The van der Waals surface area contributed by atoms with Gasteiger partial charge in [-0.25, -0.2) is 0 Å². The number of nitrogens with one attached hydrogen (secondary N) is 1. The Morgan fingerprint density at radius 1 is 1.14 bits per heavy atom. The Morgan fingerprint density at radius 2 is 1.82 bits per heavy atom. The van der Waals surface area contributed by atoms with Crippen LogP contribution in [0, 0.1) is 0 Å². The summed E-state index contributed by atoms with van der Waals surface area (Å²) < 4.78 is 48.5. The van der Waals surface area contributed by atoms with Crippen LogP contribution in [0.15, 0.2) is 36.4 Å². The summed E-state index contributed by atoms with van der Waals surface area (Å²) in [5.74, 6) is 0.0781. The number of amides is 1. The van der Waals surface area contributed by atoms with Crippen molar-refractivity contribution in [1.82, 2.24) is 10.4 Å². The average molecular weight is 394 g/mol. The molecule has 0 saturated carbocycles. The highest BCUT2D eigenvalue weighted by Gasteiger charge is 2.53. The summed E-state index contributed by atoms with van der Waals surface area (Å²) in [5, 5.41) is 2.15. The second-order valence-electron chi connectivity index (χ2n) is 8.78. The molecule has 2 aromatic rings. The zero-order valence-corrected chi connectivity index (χ0v) is 16.6. The number of ether oxygens (including phenoxy) is 1. The number of benzene rings is 2. The van der Waals surface area contributed by atoms with Gasteiger partial charge in [-0.15, -0.1) is 0 Å². The Kier molecular flexibility index (Phi) is 4.86. The van der Waals surface area contributed by atoms with Crippen molar-refractivity contribution in [1.29, 1.82) is 0 Å². The van der Waals surface area contributed by atoms with E-state index < -0.39 is 29.3 Å². The summed E-state index contributed by atoms with van der Waals surface area (Å²) in [6.45, 7) is 8.89. The van der Waals surface area contributed by atoms with Crippen LogP contribution in [-0.4, -0.2) is 28.2 Å². The van der Waals surface area contributed by atoms with Crippen molar-refractivity contribution < 1.29 is 22.7 Å². The molecule has 0 aliphatic carbocycles. The van der Waals surface area contributed by atoms with E-state index in [1.807, 2.05) is 20.8 Å². The van der Waals surface area contributed by atoms with E-state index in [0.717, 1.165) is 5.01 Å². The first kappa shape index (κ1) is 20.5. The summed E-state index contributed by atoms with van der Waals surface area (Å²) >= 11 is 0. The normalized spacial score (nSPS) is 18.9. The monoisotopic (exact) mass is 394 g/mol. The molecule has 1 atom stereocenters. The minimum absolute atomic E-state index is 0.00271. The maximum Gasteiger partial charge on any atom is 0.409 e. The second kappa shape index (κ2) is 6.65. The highest BCUT2D eigenvalue weighted by molar-refractivity contribution is 5.88. The van der Waals surface area contributed by atoms with Gasteiger partial charge in [-0.3, -0.25) is 10.2 Å². The summed E-state index contributed by atoms with van der Waals surface area (Å²) in [5.41, 5.74) is 1.04. The Hall–Kier alpha value is -2.28. The largest absolute Gasteiger partial charge is 0.488 e. The lowest BCUT2D eigenvalue weighted by atomic mass is 9.93.